The number of piperidine rings is 1. The van der Waals surface area contributed by atoms with Crippen LogP contribution in [-0.4, -0.2) is 48.3 Å². The summed E-state index contributed by atoms with van der Waals surface area (Å²) in [6, 6.07) is 10.2. The molecule has 0 aliphatic carbocycles. The first-order valence-corrected chi connectivity index (χ1v) is 9.07. The quantitative estimate of drug-likeness (QED) is 0.745. The average Bonchev–Trinajstić information content (AvgIpc) is 2.73. The predicted octanol–water partition coefficient (Wildman–Crippen LogP) is 3.12. The average molecular weight is 365 g/mol. The highest BCUT2D eigenvalue weighted by Crippen LogP contribution is 2.28. The first kappa shape index (κ1) is 17.3. The summed E-state index contributed by atoms with van der Waals surface area (Å²) >= 11 is 0. The molecule has 0 bridgehead atoms. The van der Waals surface area contributed by atoms with Gasteiger partial charge in [0.15, 0.2) is 5.65 Å². The molecule has 1 aliphatic heterocycles. The van der Waals surface area contributed by atoms with Crippen molar-refractivity contribution >= 4 is 22.7 Å². The maximum atomic E-state index is 5.36. The van der Waals surface area contributed by atoms with Crippen LogP contribution >= 0.6 is 0 Å². The number of hydrogen-bond donors (Lipinski definition) is 1. The molecular weight excluding hydrogens is 342 g/mol. The molecule has 0 radical (unpaired) electrons. The Bertz CT molecular complexity index is 911. The molecule has 1 aromatic carbocycles. The zero-order valence-corrected chi connectivity index (χ0v) is 15.6. The molecule has 1 fully saturated rings. The fraction of sp³-hybridized carbons (Fsp3) is 0.350. The minimum absolute atomic E-state index is 0.315. The number of nitrogens with one attached hydrogen (secondary N) is 1. The lowest BCUT2D eigenvalue weighted by atomic mass is 10.1. The lowest BCUT2D eigenvalue weighted by molar-refractivity contribution is 0.394. The second kappa shape index (κ2) is 7.65. The van der Waals surface area contributed by atoms with E-state index >= 15 is 0 Å². The maximum absolute atomic E-state index is 5.36. The summed E-state index contributed by atoms with van der Waals surface area (Å²) in [5, 5.41) is 3.61. The number of ether oxygens (including phenoxy) is 2. The van der Waals surface area contributed by atoms with Gasteiger partial charge in [-0.05, 0) is 25.0 Å². The minimum Gasteiger partial charge on any atom is -0.497 e. The van der Waals surface area contributed by atoms with Gasteiger partial charge < -0.3 is 19.7 Å². The smallest absolute Gasteiger partial charge is 0.180 e. The molecule has 3 aromatic rings. The van der Waals surface area contributed by atoms with E-state index in [2.05, 4.69) is 25.2 Å². The Hall–Kier alpha value is -3.09. The van der Waals surface area contributed by atoms with Crippen molar-refractivity contribution in [1.82, 2.24) is 15.0 Å². The van der Waals surface area contributed by atoms with Crippen molar-refractivity contribution in [3.05, 3.63) is 42.7 Å². The number of anilines is 2. The number of aromatic nitrogens is 3. The van der Waals surface area contributed by atoms with Crippen LogP contribution in [0.1, 0.15) is 12.8 Å². The highest BCUT2D eigenvalue weighted by atomic mass is 16.5. The first-order valence-electron chi connectivity index (χ1n) is 9.07. The molecule has 7 nitrogen and oxygen atoms in total. The molecule has 27 heavy (non-hydrogen) atoms. The van der Waals surface area contributed by atoms with Crippen molar-refractivity contribution in [1.29, 1.82) is 0 Å². The van der Waals surface area contributed by atoms with Gasteiger partial charge in [-0.3, -0.25) is 4.98 Å². The van der Waals surface area contributed by atoms with Crippen molar-refractivity contribution in [3.8, 4) is 11.5 Å². The molecule has 140 valence electrons. The molecule has 1 aliphatic rings. The Morgan fingerprint density at radius 1 is 1.04 bits per heavy atom. The summed E-state index contributed by atoms with van der Waals surface area (Å²) in [5.74, 6) is 2.50. The van der Waals surface area contributed by atoms with E-state index < -0.39 is 0 Å². The van der Waals surface area contributed by atoms with Crippen molar-refractivity contribution in [2.75, 3.05) is 37.5 Å². The molecule has 4 rings (SSSR count). The summed E-state index contributed by atoms with van der Waals surface area (Å²) in [6.45, 7) is 1.86. The maximum Gasteiger partial charge on any atom is 0.180 e. The van der Waals surface area contributed by atoms with E-state index in [1.165, 1.54) is 0 Å². The van der Waals surface area contributed by atoms with Gasteiger partial charge in [-0.25, -0.2) is 9.97 Å². The lowest BCUT2D eigenvalue weighted by Crippen LogP contribution is -2.42. The van der Waals surface area contributed by atoms with Gasteiger partial charge in [0.05, 0.1) is 14.2 Å². The fourth-order valence-electron chi connectivity index (χ4n) is 3.45. The number of nitrogens with zero attached hydrogens (tertiary/aromatic N) is 4. The summed E-state index contributed by atoms with van der Waals surface area (Å²) < 4.78 is 10.7. The summed E-state index contributed by atoms with van der Waals surface area (Å²) in [6.07, 6.45) is 5.56. The predicted molar refractivity (Wildman–Crippen MR) is 106 cm³/mol. The monoisotopic (exact) mass is 365 g/mol. The Balaban J connectivity index is 1.50. The first-order chi connectivity index (χ1) is 13.2. The SMILES string of the molecule is COc1cc(NC2CCCN(c3ccc4nccnc4n3)C2)cc(OC)c1. The molecule has 1 unspecified atom stereocenters. The van der Waals surface area contributed by atoms with Crippen molar-refractivity contribution < 1.29 is 9.47 Å². The van der Waals surface area contributed by atoms with Gasteiger partial charge in [-0.15, -0.1) is 0 Å². The molecule has 3 heterocycles. The number of hydrogen-bond acceptors (Lipinski definition) is 7. The number of pyridine rings is 1. The summed E-state index contributed by atoms with van der Waals surface area (Å²) in [7, 11) is 3.32. The molecule has 0 spiro atoms. The molecule has 1 N–H and O–H groups in total. The van der Waals surface area contributed by atoms with E-state index in [-0.39, 0.29) is 0 Å². The van der Waals surface area contributed by atoms with Crippen LogP contribution in [0.25, 0.3) is 11.2 Å². The number of methoxy groups -OCH3 is 2. The van der Waals surface area contributed by atoms with Gasteiger partial charge in [-0.1, -0.05) is 0 Å². The fourth-order valence-corrected chi connectivity index (χ4v) is 3.45. The van der Waals surface area contributed by atoms with Gasteiger partial charge in [0.2, 0.25) is 0 Å². The van der Waals surface area contributed by atoms with Crippen molar-refractivity contribution in [2.24, 2.45) is 0 Å². The van der Waals surface area contributed by atoms with Crippen LogP contribution in [-0.2, 0) is 0 Å². The zero-order chi connectivity index (χ0) is 18.6. The Labute approximate surface area is 158 Å². The summed E-state index contributed by atoms with van der Waals surface area (Å²) in [5.41, 5.74) is 2.49. The van der Waals surface area contributed by atoms with E-state index in [0.717, 1.165) is 54.5 Å². The van der Waals surface area contributed by atoms with Crippen LogP contribution < -0.4 is 19.7 Å². The van der Waals surface area contributed by atoms with Crippen LogP contribution in [0.3, 0.4) is 0 Å². The third-order valence-electron chi connectivity index (χ3n) is 4.78. The topological polar surface area (TPSA) is 72.4 Å². The molecule has 1 atom stereocenters. The van der Waals surface area contributed by atoms with Crippen LogP contribution in [0.4, 0.5) is 11.5 Å². The van der Waals surface area contributed by atoms with E-state index in [1.54, 1.807) is 26.6 Å². The van der Waals surface area contributed by atoms with Gasteiger partial charge in [0.1, 0.15) is 22.8 Å². The second-order valence-electron chi connectivity index (χ2n) is 6.60. The van der Waals surface area contributed by atoms with Gasteiger partial charge in [0.25, 0.3) is 0 Å². The van der Waals surface area contributed by atoms with E-state index in [1.807, 2.05) is 30.3 Å². The third kappa shape index (κ3) is 3.86. The molecule has 1 saturated heterocycles. The van der Waals surface area contributed by atoms with E-state index in [0.29, 0.717) is 11.7 Å². The highest BCUT2D eigenvalue weighted by molar-refractivity contribution is 5.71. The minimum atomic E-state index is 0.315. The van der Waals surface area contributed by atoms with E-state index in [4.69, 9.17) is 9.47 Å². The number of rotatable bonds is 5. The lowest BCUT2D eigenvalue weighted by Gasteiger charge is -2.34. The number of fused-ring (bicyclic) bond motifs is 1. The largest absolute Gasteiger partial charge is 0.497 e. The second-order valence-corrected chi connectivity index (χ2v) is 6.60. The van der Waals surface area contributed by atoms with Gasteiger partial charge in [-0.2, -0.15) is 0 Å². The molecule has 0 saturated carbocycles. The summed E-state index contributed by atoms with van der Waals surface area (Å²) in [4.78, 5) is 15.6. The highest BCUT2D eigenvalue weighted by Gasteiger charge is 2.21. The Morgan fingerprint density at radius 3 is 2.59 bits per heavy atom. The van der Waals surface area contributed by atoms with Crippen LogP contribution in [0.15, 0.2) is 42.7 Å². The zero-order valence-electron chi connectivity index (χ0n) is 15.6. The van der Waals surface area contributed by atoms with Crippen molar-refractivity contribution in [3.63, 3.8) is 0 Å². The molecule has 0 amide bonds. The Kier molecular flexibility index (Phi) is 4.91. The Morgan fingerprint density at radius 2 is 1.81 bits per heavy atom. The molecule has 2 aromatic heterocycles. The van der Waals surface area contributed by atoms with Gasteiger partial charge >= 0.3 is 0 Å². The van der Waals surface area contributed by atoms with Crippen molar-refractivity contribution in [2.45, 2.75) is 18.9 Å². The van der Waals surface area contributed by atoms with Crippen LogP contribution in [0.2, 0.25) is 0 Å². The number of benzene rings is 1. The van der Waals surface area contributed by atoms with Gasteiger partial charge in [0, 0.05) is 55.4 Å². The van der Waals surface area contributed by atoms with Crippen LogP contribution in [0.5, 0.6) is 11.5 Å². The normalized spacial score (nSPS) is 17.0. The third-order valence-corrected chi connectivity index (χ3v) is 4.78. The van der Waals surface area contributed by atoms with E-state index in [9.17, 15) is 0 Å². The van der Waals surface area contributed by atoms with Crippen LogP contribution in [0, 0.1) is 0 Å². The molecule has 7 heteroatoms. The molecular formula is C20H23N5O2. The standard InChI is InChI=1S/C20H23N5O2/c1-26-16-10-15(11-17(12-16)27-2)23-14-4-3-9-25(13-14)19-6-5-18-20(24-19)22-8-7-21-18/h5-8,10-12,14,23H,3-4,9,13H2,1-2H3.